The van der Waals surface area contributed by atoms with E-state index in [1.54, 1.807) is 0 Å². The first-order valence-electron chi connectivity index (χ1n) is 7.41. The molecule has 0 aliphatic rings. The van der Waals surface area contributed by atoms with Crippen LogP contribution in [-0.4, -0.2) is 9.38 Å². The van der Waals surface area contributed by atoms with Gasteiger partial charge in [0.25, 0.3) is 0 Å². The molecule has 2 aromatic heterocycles. The number of rotatable bonds is 1. The summed E-state index contributed by atoms with van der Waals surface area (Å²) in [6, 6.07) is 16.5. The Hall–Kier alpha value is -2.60. The lowest BCUT2D eigenvalue weighted by molar-refractivity contribution is 0.590. The van der Waals surface area contributed by atoms with Crippen molar-refractivity contribution in [1.29, 1.82) is 5.26 Å². The van der Waals surface area contributed by atoms with E-state index < -0.39 is 0 Å². The van der Waals surface area contributed by atoms with E-state index in [9.17, 15) is 5.26 Å². The van der Waals surface area contributed by atoms with E-state index in [2.05, 4.69) is 56.1 Å². The number of fused-ring (bicyclic) bond motifs is 1. The van der Waals surface area contributed by atoms with E-state index in [1.165, 1.54) is 5.56 Å². The fourth-order valence-corrected chi connectivity index (χ4v) is 2.69. The quantitative estimate of drug-likeness (QED) is 0.662. The van der Waals surface area contributed by atoms with Crippen molar-refractivity contribution in [3.63, 3.8) is 0 Å². The summed E-state index contributed by atoms with van der Waals surface area (Å²) in [7, 11) is 0. The zero-order valence-electron chi connectivity index (χ0n) is 13.4. The van der Waals surface area contributed by atoms with Crippen LogP contribution in [0.4, 0.5) is 0 Å². The number of nitriles is 1. The van der Waals surface area contributed by atoms with Gasteiger partial charge in [-0.05, 0) is 30.0 Å². The molecule has 0 aliphatic carbocycles. The van der Waals surface area contributed by atoms with Crippen molar-refractivity contribution in [2.24, 2.45) is 0 Å². The van der Waals surface area contributed by atoms with Gasteiger partial charge in [-0.2, -0.15) is 5.26 Å². The summed E-state index contributed by atoms with van der Waals surface area (Å²) in [6.45, 7) is 8.56. The van der Waals surface area contributed by atoms with E-state index >= 15 is 0 Å². The van der Waals surface area contributed by atoms with E-state index in [0.29, 0.717) is 5.69 Å². The molecule has 3 rings (SSSR count). The molecule has 0 aliphatic heterocycles. The van der Waals surface area contributed by atoms with Crippen LogP contribution in [0.1, 0.15) is 37.7 Å². The molecule has 0 fully saturated rings. The Morgan fingerprint density at radius 2 is 1.73 bits per heavy atom. The van der Waals surface area contributed by atoms with Crippen molar-refractivity contribution < 1.29 is 0 Å². The molecular weight excluding hydrogens is 270 g/mol. The van der Waals surface area contributed by atoms with Crippen LogP contribution in [0.3, 0.4) is 0 Å². The standard InChI is InChI=1S/C19H19N3/c1-13-6-5-7-17-21-18(16(12-20)22(13)17)14-8-10-15(11-9-14)19(2,3)4/h5-11H,1-4H3. The first-order chi connectivity index (χ1) is 10.4. The Morgan fingerprint density at radius 3 is 2.32 bits per heavy atom. The topological polar surface area (TPSA) is 41.1 Å². The van der Waals surface area contributed by atoms with E-state index in [1.807, 2.05) is 29.5 Å². The molecule has 0 amide bonds. The van der Waals surface area contributed by atoms with Gasteiger partial charge in [0.15, 0.2) is 5.69 Å². The molecular formula is C19H19N3. The smallest absolute Gasteiger partial charge is 0.152 e. The number of hydrogen-bond donors (Lipinski definition) is 0. The van der Waals surface area contributed by atoms with Crippen molar-refractivity contribution in [3.05, 3.63) is 59.4 Å². The van der Waals surface area contributed by atoms with Crippen molar-refractivity contribution >= 4 is 5.65 Å². The van der Waals surface area contributed by atoms with Crippen LogP contribution in [0.2, 0.25) is 0 Å². The minimum absolute atomic E-state index is 0.117. The third-order valence-electron chi connectivity index (χ3n) is 3.97. The summed E-state index contributed by atoms with van der Waals surface area (Å²) in [5.74, 6) is 0. The summed E-state index contributed by atoms with van der Waals surface area (Å²) >= 11 is 0. The van der Waals surface area contributed by atoms with Crippen molar-refractivity contribution in [3.8, 4) is 17.3 Å². The summed E-state index contributed by atoms with van der Waals surface area (Å²) in [5, 5.41) is 9.56. The molecule has 0 saturated heterocycles. The van der Waals surface area contributed by atoms with E-state index in [-0.39, 0.29) is 5.41 Å². The lowest BCUT2D eigenvalue weighted by Crippen LogP contribution is -2.10. The van der Waals surface area contributed by atoms with Crippen LogP contribution in [0, 0.1) is 18.3 Å². The first-order valence-corrected chi connectivity index (χ1v) is 7.41. The lowest BCUT2D eigenvalue weighted by Gasteiger charge is -2.18. The molecule has 0 radical (unpaired) electrons. The second-order valence-corrected chi connectivity index (χ2v) is 6.61. The third kappa shape index (κ3) is 2.27. The average molecular weight is 289 g/mol. The summed E-state index contributed by atoms with van der Waals surface area (Å²) in [6.07, 6.45) is 0. The van der Waals surface area contributed by atoms with Crippen LogP contribution < -0.4 is 0 Å². The van der Waals surface area contributed by atoms with Gasteiger partial charge in [-0.25, -0.2) is 4.98 Å². The van der Waals surface area contributed by atoms with E-state index in [4.69, 9.17) is 0 Å². The van der Waals surface area contributed by atoms with Gasteiger partial charge in [0.05, 0.1) is 0 Å². The molecule has 2 heterocycles. The maximum absolute atomic E-state index is 9.56. The molecule has 0 unspecified atom stereocenters. The number of aromatic nitrogens is 2. The maximum atomic E-state index is 9.56. The largest absolute Gasteiger partial charge is 0.288 e. The summed E-state index contributed by atoms with van der Waals surface area (Å²) in [4.78, 5) is 4.65. The van der Waals surface area contributed by atoms with Crippen molar-refractivity contribution in [1.82, 2.24) is 9.38 Å². The molecule has 0 atom stereocenters. The molecule has 3 nitrogen and oxygen atoms in total. The fraction of sp³-hybridized carbons (Fsp3) is 0.263. The Balaban J connectivity index is 2.19. The van der Waals surface area contributed by atoms with Crippen LogP contribution in [0.25, 0.3) is 16.9 Å². The van der Waals surface area contributed by atoms with Crippen LogP contribution in [0.5, 0.6) is 0 Å². The second kappa shape index (κ2) is 4.99. The number of pyridine rings is 1. The summed E-state index contributed by atoms with van der Waals surface area (Å²) < 4.78 is 1.91. The number of benzene rings is 1. The molecule has 0 spiro atoms. The molecule has 1 aromatic carbocycles. The normalized spacial score (nSPS) is 11.6. The SMILES string of the molecule is Cc1cccc2nc(-c3ccc(C(C)(C)C)cc3)c(C#N)n12. The van der Waals surface area contributed by atoms with E-state index in [0.717, 1.165) is 22.6 Å². The van der Waals surface area contributed by atoms with Gasteiger partial charge >= 0.3 is 0 Å². The Bertz CT molecular complexity index is 872. The Labute approximate surface area is 130 Å². The van der Waals surface area contributed by atoms with Crippen molar-refractivity contribution in [2.45, 2.75) is 33.1 Å². The number of imidazole rings is 1. The number of aryl methyl sites for hydroxylation is 1. The predicted octanol–water partition coefficient (Wildman–Crippen LogP) is 4.48. The van der Waals surface area contributed by atoms with Gasteiger partial charge in [-0.3, -0.25) is 4.40 Å². The highest BCUT2D eigenvalue weighted by Gasteiger charge is 2.17. The highest BCUT2D eigenvalue weighted by molar-refractivity contribution is 5.70. The predicted molar refractivity (Wildman–Crippen MR) is 88.8 cm³/mol. The van der Waals surface area contributed by atoms with Crippen LogP contribution in [-0.2, 0) is 5.41 Å². The van der Waals surface area contributed by atoms with Gasteiger partial charge in [-0.1, -0.05) is 51.1 Å². The Kier molecular flexibility index (Phi) is 3.26. The summed E-state index contributed by atoms with van der Waals surface area (Å²) in [5.41, 5.74) is 5.54. The monoisotopic (exact) mass is 289 g/mol. The van der Waals surface area contributed by atoms with Crippen LogP contribution in [0.15, 0.2) is 42.5 Å². The van der Waals surface area contributed by atoms with Gasteiger partial charge in [0, 0.05) is 11.3 Å². The van der Waals surface area contributed by atoms with Crippen molar-refractivity contribution in [2.75, 3.05) is 0 Å². The molecule has 3 aromatic rings. The molecule has 110 valence electrons. The van der Waals surface area contributed by atoms with Gasteiger partial charge < -0.3 is 0 Å². The number of hydrogen-bond acceptors (Lipinski definition) is 2. The van der Waals surface area contributed by atoms with Gasteiger partial charge in [0.1, 0.15) is 17.4 Å². The molecule has 0 saturated carbocycles. The fourth-order valence-electron chi connectivity index (χ4n) is 2.69. The molecule has 0 bridgehead atoms. The minimum Gasteiger partial charge on any atom is -0.288 e. The van der Waals surface area contributed by atoms with Gasteiger partial charge in [-0.15, -0.1) is 0 Å². The number of nitrogens with zero attached hydrogens (tertiary/aromatic N) is 3. The molecule has 0 N–H and O–H groups in total. The zero-order valence-corrected chi connectivity index (χ0v) is 13.4. The first kappa shape index (κ1) is 14.3. The average Bonchev–Trinajstić information content (AvgIpc) is 2.86. The maximum Gasteiger partial charge on any atom is 0.152 e. The second-order valence-electron chi connectivity index (χ2n) is 6.61. The Morgan fingerprint density at radius 1 is 1.05 bits per heavy atom. The van der Waals surface area contributed by atoms with Gasteiger partial charge in [0.2, 0.25) is 0 Å². The highest BCUT2D eigenvalue weighted by Crippen LogP contribution is 2.28. The minimum atomic E-state index is 0.117. The molecule has 3 heteroatoms. The zero-order chi connectivity index (χ0) is 15.9. The lowest BCUT2D eigenvalue weighted by atomic mass is 9.86. The third-order valence-corrected chi connectivity index (χ3v) is 3.97. The molecule has 22 heavy (non-hydrogen) atoms. The highest BCUT2D eigenvalue weighted by atomic mass is 15.0. The van der Waals surface area contributed by atoms with Crippen LogP contribution >= 0.6 is 0 Å².